The minimum Gasteiger partial charge on any atom is -0.484 e. The minimum absolute atomic E-state index is 0.0324. The van der Waals surface area contributed by atoms with Gasteiger partial charge in [0, 0.05) is 13.1 Å². The summed E-state index contributed by atoms with van der Waals surface area (Å²) in [6.07, 6.45) is 0. The highest BCUT2D eigenvalue weighted by Gasteiger charge is 2.23. The first-order valence-electron chi connectivity index (χ1n) is 7.99. The monoisotopic (exact) mass is 322 g/mol. The number of fused-ring (bicyclic) bond motifs is 2. The van der Waals surface area contributed by atoms with Crippen molar-refractivity contribution in [2.24, 2.45) is 0 Å². The molecular formula is C18H18N4O2. The van der Waals surface area contributed by atoms with Crippen molar-refractivity contribution in [3.8, 4) is 5.75 Å². The van der Waals surface area contributed by atoms with Crippen molar-refractivity contribution in [2.45, 2.75) is 20.0 Å². The first-order valence-corrected chi connectivity index (χ1v) is 7.99. The van der Waals surface area contributed by atoms with Crippen LogP contribution in [0.3, 0.4) is 0 Å². The molecule has 6 nitrogen and oxygen atoms in total. The number of hydrogen-bond acceptors (Lipinski definition) is 4. The normalized spacial score (nSPS) is 13.8. The van der Waals surface area contributed by atoms with Gasteiger partial charge >= 0.3 is 0 Å². The van der Waals surface area contributed by atoms with E-state index in [0.717, 1.165) is 29.0 Å². The minimum atomic E-state index is -0.0324. The number of rotatable bonds is 3. The van der Waals surface area contributed by atoms with Gasteiger partial charge in [0.15, 0.2) is 12.4 Å². The van der Waals surface area contributed by atoms with Gasteiger partial charge in [-0.1, -0.05) is 30.3 Å². The van der Waals surface area contributed by atoms with Crippen LogP contribution in [-0.4, -0.2) is 38.7 Å². The molecule has 24 heavy (non-hydrogen) atoms. The van der Waals surface area contributed by atoms with Crippen molar-refractivity contribution >= 4 is 16.7 Å². The quantitative estimate of drug-likeness (QED) is 0.741. The van der Waals surface area contributed by atoms with Crippen LogP contribution in [0.5, 0.6) is 5.75 Å². The van der Waals surface area contributed by atoms with Gasteiger partial charge in [0.25, 0.3) is 5.91 Å². The maximum Gasteiger partial charge on any atom is 0.260 e. The molecule has 0 unspecified atom stereocenters. The molecule has 1 aliphatic rings. The summed E-state index contributed by atoms with van der Waals surface area (Å²) in [5.41, 5.74) is 0. The van der Waals surface area contributed by atoms with Gasteiger partial charge in [-0.2, -0.15) is 0 Å². The van der Waals surface area contributed by atoms with Crippen molar-refractivity contribution in [3.63, 3.8) is 0 Å². The predicted octanol–water partition coefficient (Wildman–Crippen LogP) is 2.16. The van der Waals surface area contributed by atoms with Crippen LogP contribution >= 0.6 is 0 Å². The van der Waals surface area contributed by atoms with E-state index in [1.54, 1.807) is 4.90 Å². The molecule has 0 atom stereocenters. The maximum absolute atomic E-state index is 12.4. The molecule has 1 aromatic heterocycles. The number of carbonyl (C=O) groups is 1. The number of amides is 1. The standard InChI is InChI=1S/C18H18N4O2/c1-13-19-20-17-11-21(8-9-22(13)17)18(23)12-24-16-7-6-14-4-2-3-5-15(14)10-16/h2-7,10H,8-9,11-12H2,1H3. The summed E-state index contributed by atoms with van der Waals surface area (Å²) in [5, 5.41) is 10.4. The van der Waals surface area contributed by atoms with E-state index in [9.17, 15) is 4.79 Å². The van der Waals surface area contributed by atoms with Crippen LogP contribution < -0.4 is 4.74 Å². The summed E-state index contributed by atoms with van der Waals surface area (Å²) in [4.78, 5) is 14.2. The molecule has 3 aromatic rings. The number of benzene rings is 2. The van der Waals surface area contributed by atoms with E-state index in [1.165, 1.54) is 0 Å². The largest absolute Gasteiger partial charge is 0.484 e. The van der Waals surface area contributed by atoms with Gasteiger partial charge in [-0.25, -0.2) is 0 Å². The molecule has 122 valence electrons. The molecule has 2 aromatic carbocycles. The van der Waals surface area contributed by atoms with Crippen LogP contribution in [0, 0.1) is 6.92 Å². The summed E-state index contributed by atoms with van der Waals surface area (Å²) >= 11 is 0. The lowest BCUT2D eigenvalue weighted by Crippen LogP contribution is -2.41. The smallest absolute Gasteiger partial charge is 0.260 e. The van der Waals surface area contributed by atoms with E-state index >= 15 is 0 Å². The molecule has 0 aliphatic carbocycles. The fourth-order valence-corrected chi connectivity index (χ4v) is 3.01. The van der Waals surface area contributed by atoms with Gasteiger partial charge in [0.05, 0.1) is 6.54 Å². The average Bonchev–Trinajstić information content (AvgIpc) is 3.00. The van der Waals surface area contributed by atoms with Crippen LogP contribution in [0.2, 0.25) is 0 Å². The summed E-state index contributed by atoms with van der Waals surface area (Å²) in [6, 6.07) is 13.9. The molecule has 6 heteroatoms. The Morgan fingerprint density at radius 2 is 1.96 bits per heavy atom. The Balaban J connectivity index is 1.41. The summed E-state index contributed by atoms with van der Waals surface area (Å²) in [5.74, 6) is 2.40. The molecular weight excluding hydrogens is 304 g/mol. The lowest BCUT2D eigenvalue weighted by molar-refractivity contribution is -0.134. The number of ether oxygens (including phenoxy) is 1. The first-order chi connectivity index (χ1) is 11.7. The van der Waals surface area contributed by atoms with E-state index in [2.05, 4.69) is 16.3 Å². The van der Waals surface area contributed by atoms with E-state index in [-0.39, 0.29) is 12.5 Å². The highest BCUT2D eigenvalue weighted by Crippen LogP contribution is 2.21. The van der Waals surface area contributed by atoms with Crippen molar-refractivity contribution < 1.29 is 9.53 Å². The molecule has 0 N–H and O–H groups in total. The van der Waals surface area contributed by atoms with Crippen LogP contribution in [0.15, 0.2) is 42.5 Å². The fourth-order valence-electron chi connectivity index (χ4n) is 3.01. The maximum atomic E-state index is 12.4. The molecule has 0 bridgehead atoms. The molecule has 0 spiro atoms. The Morgan fingerprint density at radius 1 is 1.12 bits per heavy atom. The number of carbonyl (C=O) groups excluding carboxylic acids is 1. The van der Waals surface area contributed by atoms with Gasteiger partial charge in [-0.3, -0.25) is 4.79 Å². The number of aryl methyl sites for hydroxylation is 1. The SMILES string of the molecule is Cc1nnc2n1CCN(C(=O)COc1ccc3ccccc3c1)C2. The van der Waals surface area contributed by atoms with Crippen molar-refractivity contribution in [1.82, 2.24) is 19.7 Å². The summed E-state index contributed by atoms with van der Waals surface area (Å²) < 4.78 is 7.74. The fraction of sp³-hybridized carbons (Fsp3) is 0.278. The van der Waals surface area contributed by atoms with Gasteiger partial charge in [0.1, 0.15) is 11.6 Å². The highest BCUT2D eigenvalue weighted by atomic mass is 16.5. The second-order valence-corrected chi connectivity index (χ2v) is 5.93. The second kappa shape index (κ2) is 5.96. The Hall–Kier alpha value is -2.89. The number of nitrogens with zero attached hydrogens (tertiary/aromatic N) is 4. The molecule has 0 fully saturated rings. The molecule has 0 saturated heterocycles. The van der Waals surface area contributed by atoms with E-state index in [4.69, 9.17) is 4.74 Å². The van der Waals surface area contributed by atoms with Crippen LogP contribution in [0.4, 0.5) is 0 Å². The molecule has 1 amide bonds. The van der Waals surface area contributed by atoms with Crippen molar-refractivity contribution in [3.05, 3.63) is 54.1 Å². The van der Waals surface area contributed by atoms with Crippen LogP contribution in [-0.2, 0) is 17.9 Å². The second-order valence-electron chi connectivity index (χ2n) is 5.93. The molecule has 4 rings (SSSR count). The highest BCUT2D eigenvalue weighted by molar-refractivity contribution is 5.84. The lowest BCUT2D eigenvalue weighted by Gasteiger charge is -2.27. The Labute approximate surface area is 139 Å². The zero-order chi connectivity index (χ0) is 16.5. The average molecular weight is 322 g/mol. The predicted molar refractivity (Wildman–Crippen MR) is 89.6 cm³/mol. The van der Waals surface area contributed by atoms with E-state index in [1.807, 2.05) is 47.9 Å². The molecule has 0 saturated carbocycles. The van der Waals surface area contributed by atoms with Gasteiger partial charge < -0.3 is 14.2 Å². The zero-order valence-electron chi connectivity index (χ0n) is 13.5. The van der Waals surface area contributed by atoms with E-state index in [0.29, 0.717) is 18.8 Å². The lowest BCUT2D eigenvalue weighted by atomic mass is 10.1. The molecule has 2 heterocycles. The summed E-state index contributed by atoms with van der Waals surface area (Å²) in [6.45, 7) is 3.84. The van der Waals surface area contributed by atoms with Crippen molar-refractivity contribution in [2.75, 3.05) is 13.2 Å². The third kappa shape index (κ3) is 2.71. The third-order valence-electron chi connectivity index (χ3n) is 4.37. The molecule has 0 radical (unpaired) electrons. The van der Waals surface area contributed by atoms with Gasteiger partial charge in [-0.15, -0.1) is 10.2 Å². The zero-order valence-corrected chi connectivity index (χ0v) is 13.5. The topological polar surface area (TPSA) is 60.2 Å². The third-order valence-corrected chi connectivity index (χ3v) is 4.37. The van der Waals surface area contributed by atoms with Crippen LogP contribution in [0.1, 0.15) is 11.6 Å². The van der Waals surface area contributed by atoms with Crippen molar-refractivity contribution in [1.29, 1.82) is 0 Å². The Kier molecular flexibility index (Phi) is 3.65. The number of aromatic nitrogens is 3. The van der Waals surface area contributed by atoms with Crippen LogP contribution in [0.25, 0.3) is 10.8 Å². The first kappa shape index (κ1) is 14.7. The Bertz CT molecular complexity index is 903. The Morgan fingerprint density at radius 3 is 2.83 bits per heavy atom. The summed E-state index contributed by atoms with van der Waals surface area (Å²) in [7, 11) is 0. The van der Waals surface area contributed by atoms with E-state index < -0.39 is 0 Å². The van der Waals surface area contributed by atoms with Gasteiger partial charge in [-0.05, 0) is 29.8 Å². The molecule has 1 aliphatic heterocycles. The van der Waals surface area contributed by atoms with Gasteiger partial charge in [0.2, 0.25) is 0 Å². The number of hydrogen-bond donors (Lipinski definition) is 0.